The van der Waals surface area contributed by atoms with Crippen LogP contribution in [0.3, 0.4) is 0 Å². The Kier molecular flexibility index (Phi) is 4.27. The lowest BCUT2D eigenvalue weighted by molar-refractivity contribution is 1.08. The van der Waals surface area contributed by atoms with Crippen LogP contribution in [-0.2, 0) is 0 Å². The molecule has 9 aromatic rings. The quantitative estimate of drug-likeness (QED) is 0.219. The van der Waals surface area contributed by atoms with Crippen molar-refractivity contribution in [2.45, 2.75) is 0 Å². The van der Waals surface area contributed by atoms with Gasteiger partial charge in [-0.15, -0.1) is 0 Å². The molecule has 5 aromatic heterocycles. The predicted molar refractivity (Wildman–Crippen MR) is 163 cm³/mol. The fourth-order valence-electron chi connectivity index (χ4n) is 6.31. The van der Waals surface area contributed by atoms with Gasteiger partial charge in [0.2, 0.25) is 0 Å². The third kappa shape index (κ3) is 2.83. The molecule has 0 aliphatic rings. The van der Waals surface area contributed by atoms with E-state index >= 15 is 0 Å². The molecule has 0 N–H and O–H groups in total. The van der Waals surface area contributed by atoms with Crippen molar-refractivity contribution in [2.75, 3.05) is 0 Å². The standard InChI is InChI=1S/C35H21N5/c1-2-11-25-23(10-1)24-18-19-31-33(34(24)40-30-16-6-4-13-28(30)38-35(25)40)26-12-3-5-15-29(26)39(31)32-17-7-14-27(37-32)22-9-8-20-36-21-22/h1-21H. The van der Waals surface area contributed by atoms with E-state index in [0.717, 1.165) is 50.2 Å². The Morgan fingerprint density at radius 3 is 2.20 bits per heavy atom. The molecule has 4 aromatic carbocycles. The molecule has 0 aliphatic heterocycles. The zero-order valence-electron chi connectivity index (χ0n) is 21.4. The zero-order valence-corrected chi connectivity index (χ0v) is 21.4. The zero-order chi connectivity index (χ0) is 26.2. The van der Waals surface area contributed by atoms with Gasteiger partial charge >= 0.3 is 0 Å². The SMILES string of the molecule is c1cncc(-c2cccc(-n3c4ccccc4c4c3ccc3c5ccccc5c5nc6ccccc6n5c34)n2)c1. The Bertz CT molecular complexity index is 2430. The van der Waals surface area contributed by atoms with Crippen molar-refractivity contribution in [3.63, 3.8) is 0 Å². The number of hydrogen-bond acceptors (Lipinski definition) is 3. The summed E-state index contributed by atoms with van der Waals surface area (Å²) < 4.78 is 4.63. The first kappa shape index (κ1) is 21.4. The maximum Gasteiger partial charge on any atom is 0.146 e. The first-order valence-corrected chi connectivity index (χ1v) is 13.4. The smallest absolute Gasteiger partial charge is 0.146 e. The average molecular weight is 512 g/mol. The molecule has 0 radical (unpaired) electrons. The molecule has 5 heteroatoms. The van der Waals surface area contributed by atoms with Crippen molar-refractivity contribution in [3.05, 3.63) is 128 Å². The molecule has 0 saturated heterocycles. The van der Waals surface area contributed by atoms with Crippen LogP contribution in [0.15, 0.2) is 128 Å². The van der Waals surface area contributed by atoms with E-state index in [9.17, 15) is 0 Å². The minimum Gasteiger partial charge on any atom is -0.294 e. The van der Waals surface area contributed by atoms with Crippen LogP contribution >= 0.6 is 0 Å². The van der Waals surface area contributed by atoms with Gasteiger partial charge in [0.15, 0.2) is 0 Å². The topological polar surface area (TPSA) is 48.0 Å². The lowest BCUT2D eigenvalue weighted by Gasteiger charge is -2.12. The molecule has 0 atom stereocenters. The Labute approximate surface area is 228 Å². The van der Waals surface area contributed by atoms with Gasteiger partial charge in [-0.25, -0.2) is 9.97 Å². The number of nitrogens with zero attached hydrogens (tertiary/aromatic N) is 5. The minimum absolute atomic E-state index is 0.874. The Balaban J connectivity index is 1.50. The van der Waals surface area contributed by atoms with Gasteiger partial charge in [-0.05, 0) is 53.9 Å². The number of fused-ring (bicyclic) bond motifs is 12. The molecule has 5 nitrogen and oxygen atoms in total. The Hall–Kier alpha value is -5.55. The third-order valence-corrected chi connectivity index (χ3v) is 7.97. The highest BCUT2D eigenvalue weighted by Gasteiger charge is 2.20. The predicted octanol–water partition coefficient (Wildman–Crippen LogP) is 8.35. The highest BCUT2D eigenvalue weighted by Crippen LogP contribution is 2.41. The molecule has 0 aliphatic carbocycles. The molecule has 0 unspecified atom stereocenters. The van der Waals surface area contributed by atoms with Crippen molar-refractivity contribution < 1.29 is 0 Å². The van der Waals surface area contributed by atoms with E-state index in [-0.39, 0.29) is 0 Å². The first-order chi connectivity index (χ1) is 19.9. The normalized spacial score (nSPS) is 12.0. The second kappa shape index (κ2) is 7.98. The van der Waals surface area contributed by atoms with Crippen LogP contribution in [0.4, 0.5) is 0 Å². The van der Waals surface area contributed by atoms with Crippen molar-refractivity contribution in [1.29, 1.82) is 0 Å². The maximum absolute atomic E-state index is 5.13. The second-order valence-corrected chi connectivity index (χ2v) is 10.1. The maximum atomic E-state index is 5.13. The average Bonchev–Trinajstić information content (AvgIpc) is 3.58. The summed E-state index contributed by atoms with van der Waals surface area (Å²) in [5.74, 6) is 0.874. The molecule has 186 valence electrons. The van der Waals surface area contributed by atoms with E-state index in [2.05, 4.69) is 111 Å². The molecule has 0 spiro atoms. The summed E-state index contributed by atoms with van der Waals surface area (Å²) in [6.07, 6.45) is 3.65. The van der Waals surface area contributed by atoms with Crippen LogP contribution in [-0.4, -0.2) is 23.9 Å². The number of pyridine rings is 3. The number of imidazole rings is 1. The molecule has 40 heavy (non-hydrogen) atoms. The number of benzene rings is 4. The van der Waals surface area contributed by atoms with E-state index in [4.69, 9.17) is 9.97 Å². The van der Waals surface area contributed by atoms with Crippen LogP contribution in [0.25, 0.3) is 77.2 Å². The Morgan fingerprint density at radius 2 is 1.32 bits per heavy atom. The molecular weight excluding hydrogens is 490 g/mol. The highest BCUT2D eigenvalue weighted by molar-refractivity contribution is 6.26. The van der Waals surface area contributed by atoms with E-state index in [1.54, 1.807) is 6.20 Å². The van der Waals surface area contributed by atoms with Gasteiger partial charge in [0.25, 0.3) is 0 Å². The van der Waals surface area contributed by atoms with Crippen molar-refractivity contribution in [3.8, 4) is 17.1 Å². The van der Waals surface area contributed by atoms with E-state index < -0.39 is 0 Å². The summed E-state index contributed by atoms with van der Waals surface area (Å²) in [5.41, 5.74) is 8.36. The van der Waals surface area contributed by atoms with Crippen LogP contribution in [0.5, 0.6) is 0 Å². The van der Waals surface area contributed by atoms with Gasteiger partial charge in [0, 0.05) is 39.5 Å². The highest BCUT2D eigenvalue weighted by atomic mass is 15.1. The van der Waals surface area contributed by atoms with Crippen LogP contribution in [0.2, 0.25) is 0 Å². The molecule has 0 saturated carbocycles. The largest absolute Gasteiger partial charge is 0.294 e. The lowest BCUT2D eigenvalue weighted by Crippen LogP contribution is -1.99. The molecule has 0 amide bonds. The van der Waals surface area contributed by atoms with Crippen LogP contribution < -0.4 is 0 Å². The number of rotatable bonds is 2. The molecular formula is C35H21N5. The monoisotopic (exact) mass is 511 g/mol. The summed E-state index contributed by atoms with van der Waals surface area (Å²) in [5, 5.41) is 5.95. The lowest BCUT2D eigenvalue weighted by atomic mass is 10.0. The van der Waals surface area contributed by atoms with Gasteiger partial charge in [-0.2, -0.15) is 0 Å². The van der Waals surface area contributed by atoms with Crippen LogP contribution in [0.1, 0.15) is 0 Å². The second-order valence-electron chi connectivity index (χ2n) is 10.1. The summed E-state index contributed by atoms with van der Waals surface area (Å²) in [4.78, 5) is 14.6. The van der Waals surface area contributed by atoms with E-state index in [1.807, 2.05) is 24.4 Å². The van der Waals surface area contributed by atoms with Gasteiger partial charge in [-0.3, -0.25) is 14.0 Å². The fourth-order valence-corrected chi connectivity index (χ4v) is 6.31. The molecule has 5 heterocycles. The summed E-state index contributed by atoms with van der Waals surface area (Å²) in [7, 11) is 0. The van der Waals surface area contributed by atoms with E-state index in [1.165, 1.54) is 27.1 Å². The molecule has 0 fully saturated rings. The number of hydrogen-bond donors (Lipinski definition) is 0. The van der Waals surface area contributed by atoms with Gasteiger partial charge in [-0.1, -0.05) is 66.7 Å². The van der Waals surface area contributed by atoms with Crippen LogP contribution in [0, 0.1) is 0 Å². The van der Waals surface area contributed by atoms with E-state index in [0.29, 0.717) is 0 Å². The fraction of sp³-hybridized carbons (Fsp3) is 0. The molecule has 0 bridgehead atoms. The molecule has 9 rings (SSSR count). The van der Waals surface area contributed by atoms with Gasteiger partial charge in [0.1, 0.15) is 11.5 Å². The Morgan fingerprint density at radius 1 is 0.525 bits per heavy atom. The van der Waals surface area contributed by atoms with Crippen molar-refractivity contribution >= 4 is 60.2 Å². The van der Waals surface area contributed by atoms with Gasteiger partial charge < -0.3 is 0 Å². The summed E-state index contributed by atoms with van der Waals surface area (Å²) in [6, 6.07) is 40.3. The summed E-state index contributed by atoms with van der Waals surface area (Å²) >= 11 is 0. The van der Waals surface area contributed by atoms with Crippen molar-refractivity contribution in [2.24, 2.45) is 0 Å². The minimum atomic E-state index is 0.874. The number of para-hydroxylation sites is 3. The van der Waals surface area contributed by atoms with Gasteiger partial charge in [0.05, 0.1) is 33.3 Å². The first-order valence-electron chi connectivity index (χ1n) is 13.4. The number of aromatic nitrogens is 5. The van der Waals surface area contributed by atoms with Crippen molar-refractivity contribution in [1.82, 2.24) is 23.9 Å². The third-order valence-electron chi connectivity index (χ3n) is 7.97. The summed E-state index contributed by atoms with van der Waals surface area (Å²) in [6.45, 7) is 0.